The van der Waals surface area contributed by atoms with Gasteiger partial charge in [-0.2, -0.15) is 0 Å². The second-order valence-corrected chi connectivity index (χ2v) is 28.8. The lowest BCUT2D eigenvalue weighted by atomic mass is 9.99. The summed E-state index contributed by atoms with van der Waals surface area (Å²) >= 11 is 0. The Morgan fingerprint density at radius 1 is 0.382 bits per heavy atom. The van der Waals surface area contributed by atoms with Gasteiger partial charge in [-0.1, -0.05) is 129 Å². The lowest BCUT2D eigenvalue weighted by Gasteiger charge is -2.51. The molecular weight excluding hydrogens is 697 g/mol. The molecule has 0 bridgehead atoms. The standard InChI is InChI=1S/C51H54N2Si2/c1-35-21-27-49(37(3)29-35)52(41-17-13-11-14-18-41)43-24-23-39-32-46-45-26-25-44(53(42-19-15-12-16-20-42)50-28-22-36(2)30-38(50)4)34-48(45)51(54(5,6)7,55(8,9)10)47(46)33-40(39)31-43/h11-34H,1-10H3. The van der Waals surface area contributed by atoms with Crippen molar-refractivity contribution < 1.29 is 0 Å². The number of rotatable bonds is 8. The van der Waals surface area contributed by atoms with Gasteiger partial charge in [-0.15, -0.1) is 0 Å². The highest BCUT2D eigenvalue weighted by Gasteiger charge is 2.59. The van der Waals surface area contributed by atoms with E-state index in [4.69, 9.17) is 0 Å². The minimum Gasteiger partial charge on any atom is -0.310 e. The first-order valence-corrected chi connectivity index (χ1v) is 26.8. The highest BCUT2D eigenvalue weighted by molar-refractivity contribution is 6.99. The maximum Gasteiger partial charge on any atom is 0.0579 e. The number of anilines is 6. The molecule has 0 saturated heterocycles. The van der Waals surface area contributed by atoms with Crippen LogP contribution in [0, 0.1) is 27.7 Å². The monoisotopic (exact) mass is 750 g/mol. The largest absolute Gasteiger partial charge is 0.310 e. The number of hydrogen-bond acceptors (Lipinski definition) is 2. The van der Waals surface area contributed by atoms with Crippen LogP contribution in [-0.2, 0) is 4.66 Å². The third kappa shape index (κ3) is 6.07. The lowest BCUT2D eigenvalue weighted by Crippen LogP contribution is -2.63. The van der Waals surface area contributed by atoms with Crippen molar-refractivity contribution in [3.8, 4) is 11.1 Å². The molecule has 7 aromatic carbocycles. The zero-order valence-corrected chi connectivity index (χ0v) is 36.3. The molecule has 7 aromatic rings. The van der Waals surface area contributed by atoms with Gasteiger partial charge in [0.15, 0.2) is 0 Å². The molecule has 276 valence electrons. The Bertz CT molecular complexity index is 2550. The Morgan fingerprint density at radius 3 is 1.35 bits per heavy atom. The van der Waals surface area contributed by atoms with Crippen molar-refractivity contribution >= 4 is 61.0 Å². The van der Waals surface area contributed by atoms with Gasteiger partial charge in [0.1, 0.15) is 0 Å². The quantitative estimate of drug-likeness (QED) is 0.143. The summed E-state index contributed by atoms with van der Waals surface area (Å²) in [5.41, 5.74) is 18.2. The molecular formula is C51H54N2Si2. The van der Waals surface area contributed by atoms with E-state index in [1.165, 1.54) is 89.4 Å². The second kappa shape index (κ2) is 13.5. The number of aryl methyl sites for hydroxylation is 4. The van der Waals surface area contributed by atoms with Crippen molar-refractivity contribution in [1.82, 2.24) is 0 Å². The average Bonchev–Trinajstić information content (AvgIpc) is 3.44. The predicted molar refractivity (Wildman–Crippen MR) is 245 cm³/mol. The van der Waals surface area contributed by atoms with E-state index >= 15 is 0 Å². The molecule has 0 saturated carbocycles. The Hall–Kier alpha value is -5.17. The number of benzene rings is 7. The molecule has 0 aromatic heterocycles. The van der Waals surface area contributed by atoms with Crippen LogP contribution in [0.25, 0.3) is 21.9 Å². The van der Waals surface area contributed by atoms with Crippen molar-refractivity contribution in [2.75, 3.05) is 9.80 Å². The SMILES string of the molecule is Cc1ccc(N(c2ccccc2)c2ccc3c(c2)C([Si](C)(C)C)([Si](C)(C)C)c2cc4cc(N(c5ccccc5)c5ccc(C)cc5C)ccc4cc2-3)c(C)c1. The van der Waals surface area contributed by atoms with Crippen LogP contribution >= 0.6 is 0 Å². The van der Waals surface area contributed by atoms with Gasteiger partial charge < -0.3 is 9.80 Å². The highest BCUT2D eigenvalue weighted by atomic mass is 28.4. The lowest BCUT2D eigenvalue weighted by molar-refractivity contribution is 0.953. The molecule has 0 spiro atoms. The fourth-order valence-electron chi connectivity index (χ4n) is 10.2. The van der Waals surface area contributed by atoms with E-state index in [9.17, 15) is 0 Å². The average molecular weight is 751 g/mol. The molecule has 1 aliphatic carbocycles. The summed E-state index contributed by atoms with van der Waals surface area (Å²) in [4.78, 5) is 4.91. The topological polar surface area (TPSA) is 6.48 Å². The van der Waals surface area contributed by atoms with Gasteiger partial charge in [-0.05, 0) is 139 Å². The summed E-state index contributed by atoms with van der Waals surface area (Å²) in [5.74, 6) is 0. The summed E-state index contributed by atoms with van der Waals surface area (Å²) in [5, 5.41) is 2.59. The minimum absolute atomic E-state index is 0.0117. The van der Waals surface area contributed by atoms with E-state index < -0.39 is 16.1 Å². The van der Waals surface area contributed by atoms with Gasteiger partial charge in [0, 0.05) is 38.8 Å². The molecule has 0 unspecified atom stereocenters. The Kier molecular flexibility index (Phi) is 9.06. The summed E-state index contributed by atoms with van der Waals surface area (Å²) in [6.45, 7) is 24.5. The second-order valence-electron chi connectivity index (χ2n) is 17.8. The molecule has 0 amide bonds. The van der Waals surface area contributed by atoms with E-state index in [2.05, 4.69) is 222 Å². The number of nitrogens with zero attached hydrogens (tertiary/aromatic N) is 2. The molecule has 0 N–H and O–H groups in total. The fourth-order valence-corrected chi connectivity index (χ4v) is 23.2. The molecule has 0 aliphatic heterocycles. The first kappa shape index (κ1) is 36.8. The predicted octanol–water partition coefficient (Wildman–Crippen LogP) is 15.0. The molecule has 8 rings (SSSR count). The van der Waals surface area contributed by atoms with E-state index in [1.807, 2.05) is 0 Å². The number of hydrogen-bond donors (Lipinski definition) is 0. The molecule has 1 aliphatic rings. The third-order valence-corrected chi connectivity index (χ3v) is 22.1. The van der Waals surface area contributed by atoms with Crippen LogP contribution in [0.3, 0.4) is 0 Å². The van der Waals surface area contributed by atoms with Gasteiger partial charge in [0.05, 0.1) is 16.1 Å². The van der Waals surface area contributed by atoms with Crippen LogP contribution in [0.15, 0.2) is 146 Å². The fraction of sp³-hybridized carbons (Fsp3) is 0.216. The zero-order valence-electron chi connectivity index (χ0n) is 34.3. The van der Waals surface area contributed by atoms with Crippen LogP contribution in [0.4, 0.5) is 34.1 Å². The van der Waals surface area contributed by atoms with Crippen LogP contribution in [0.5, 0.6) is 0 Å². The van der Waals surface area contributed by atoms with Crippen molar-refractivity contribution in [3.05, 3.63) is 179 Å². The molecule has 2 nitrogen and oxygen atoms in total. The van der Waals surface area contributed by atoms with Gasteiger partial charge in [-0.3, -0.25) is 0 Å². The van der Waals surface area contributed by atoms with Gasteiger partial charge in [-0.25, -0.2) is 0 Å². The van der Waals surface area contributed by atoms with Gasteiger partial charge >= 0.3 is 0 Å². The van der Waals surface area contributed by atoms with Crippen LogP contribution < -0.4 is 9.80 Å². The highest BCUT2D eigenvalue weighted by Crippen LogP contribution is 2.59. The smallest absolute Gasteiger partial charge is 0.0579 e. The normalized spacial score (nSPS) is 13.4. The van der Waals surface area contributed by atoms with Crippen LogP contribution in [0.1, 0.15) is 33.4 Å². The van der Waals surface area contributed by atoms with E-state index in [1.54, 1.807) is 0 Å². The van der Waals surface area contributed by atoms with E-state index in [0.29, 0.717) is 0 Å². The molecule has 0 atom stereocenters. The minimum atomic E-state index is -1.96. The van der Waals surface area contributed by atoms with Crippen molar-refractivity contribution in [1.29, 1.82) is 0 Å². The summed E-state index contributed by atoms with van der Waals surface area (Å²) in [7, 11) is -3.91. The Labute approximate surface area is 331 Å². The Morgan fingerprint density at radius 2 is 0.855 bits per heavy atom. The zero-order chi connectivity index (χ0) is 38.9. The Balaban J connectivity index is 1.36. The molecule has 0 radical (unpaired) electrons. The van der Waals surface area contributed by atoms with Crippen molar-refractivity contribution in [3.63, 3.8) is 0 Å². The van der Waals surface area contributed by atoms with E-state index in [-0.39, 0.29) is 4.66 Å². The molecule has 55 heavy (non-hydrogen) atoms. The summed E-state index contributed by atoms with van der Waals surface area (Å²) < 4.78 is -0.0117. The first-order chi connectivity index (χ1) is 26.2. The number of fused-ring (bicyclic) bond motifs is 4. The maximum atomic E-state index is 2.62. The number of para-hydroxylation sites is 2. The summed E-state index contributed by atoms with van der Waals surface area (Å²) in [6, 6.07) is 55.0. The maximum absolute atomic E-state index is 2.62. The van der Waals surface area contributed by atoms with Gasteiger partial charge in [0.25, 0.3) is 0 Å². The van der Waals surface area contributed by atoms with Crippen molar-refractivity contribution in [2.45, 2.75) is 71.6 Å². The molecule has 0 heterocycles. The molecule has 4 heteroatoms. The first-order valence-electron chi connectivity index (χ1n) is 19.8. The van der Waals surface area contributed by atoms with Crippen LogP contribution in [0.2, 0.25) is 39.3 Å². The molecule has 0 fully saturated rings. The summed E-state index contributed by atoms with van der Waals surface area (Å²) in [6.07, 6.45) is 0. The third-order valence-electron chi connectivity index (χ3n) is 12.0. The van der Waals surface area contributed by atoms with E-state index in [0.717, 1.165) is 0 Å². The van der Waals surface area contributed by atoms with Crippen LogP contribution in [-0.4, -0.2) is 16.1 Å². The van der Waals surface area contributed by atoms with Gasteiger partial charge in [0.2, 0.25) is 0 Å². The van der Waals surface area contributed by atoms with Crippen molar-refractivity contribution in [2.24, 2.45) is 0 Å².